The van der Waals surface area contributed by atoms with E-state index in [9.17, 15) is 8.42 Å². The van der Waals surface area contributed by atoms with Crippen LogP contribution in [0, 0.1) is 6.92 Å². The van der Waals surface area contributed by atoms with Crippen LogP contribution < -0.4 is 5.73 Å². The molecule has 0 fully saturated rings. The third kappa shape index (κ3) is 3.08. The molecule has 0 saturated heterocycles. The molecule has 0 bridgehead atoms. The fourth-order valence-corrected chi connectivity index (χ4v) is 3.64. The number of nitrogens with two attached hydrogens (primary N) is 1. The van der Waals surface area contributed by atoms with Crippen LogP contribution in [0.1, 0.15) is 11.1 Å². The first kappa shape index (κ1) is 13.9. The summed E-state index contributed by atoms with van der Waals surface area (Å²) in [4.78, 5) is 0.151. The Morgan fingerprint density at radius 2 is 1.84 bits per heavy atom. The molecule has 2 N–H and O–H groups in total. The molecule has 0 aliphatic carbocycles. The highest BCUT2D eigenvalue weighted by atomic mass is 35.5. The van der Waals surface area contributed by atoms with Crippen LogP contribution in [0.3, 0.4) is 0 Å². The number of rotatable bonds is 3. The maximum absolute atomic E-state index is 12.3. The van der Waals surface area contributed by atoms with Crippen LogP contribution in [0.2, 0.25) is 5.02 Å². The molecule has 0 aliphatic heterocycles. The van der Waals surface area contributed by atoms with Gasteiger partial charge in [-0.05, 0) is 36.2 Å². The van der Waals surface area contributed by atoms with Gasteiger partial charge in [0.1, 0.15) is 0 Å². The van der Waals surface area contributed by atoms with E-state index < -0.39 is 9.84 Å². The van der Waals surface area contributed by atoms with Crippen molar-refractivity contribution in [3.8, 4) is 0 Å². The molecule has 100 valence electrons. The van der Waals surface area contributed by atoms with E-state index in [0.29, 0.717) is 10.6 Å². The third-order valence-electron chi connectivity index (χ3n) is 2.80. The second-order valence-corrected chi connectivity index (χ2v) is 6.76. The van der Waals surface area contributed by atoms with Crippen LogP contribution in [-0.4, -0.2) is 8.42 Å². The smallest absolute Gasteiger partial charge is 0.184 e. The van der Waals surface area contributed by atoms with Gasteiger partial charge in [-0.25, -0.2) is 8.42 Å². The van der Waals surface area contributed by atoms with Gasteiger partial charge in [-0.15, -0.1) is 0 Å². The molecule has 3 nitrogen and oxygen atoms in total. The summed E-state index contributed by atoms with van der Waals surface area (Å²) in [6.07, 6.45) is 0. The van der Waals surface area contributed by atoms with Gasteiger partial charge in [-0.2, -0.15) is 0 Å². The highest BCUT2D eigenvalue weighted by Gasteiger charge is 2.19. The Kier molecular flexibility index (Phi) is 3.83. The first-order chi connectivity index (χ1) is 8.90. The zero-order valence-electron chi connectivity index (χ0n) is 10.4. The molecule has 2 rings (SSSR count). The molecule has 0 heterocycles. The summed E-state index contributed by atoms with van der Waals surface area (Å²) >= 11 is 5.99. The summed E-state index contributed by atoms with van der Waals surface area (Å²) in [6, 6.07) is 11.8. The SMILES string of the molecule is Cc1ccc(S(=O)(=O)Cc2ccccc2Cl)c(N)c1. The maximum Gasteiger partial charge on any atom is 0.184 e. The van der Waals surface area contributed by atoms with E-state index in [1.807, 2.05) is 6.92 Å². The monoisotopic (exact) mass is 295 g/mol. The van der Waals surface area contributed by atoms with Gasteiger partial charge in [-0.1, -0.05) is 35.9 Å². The molecule has 0 amide bonds. The first-order valence-electron chi connectivity index (χ1n) is 5.72. The van der Waals surface area contributed by atoms with Gasteiger partial charge in [0.05, 0.1) is 16.3 Å². The summed E-state index contributed by atoms with van der Waals surface area (Å²) in [5, 5.41) is 0.441. The lowest BCUT2D eigenvalue weighted by atomic mass is 10.2. The van der Waals surface area contributed by atoms with Crippen molar-refractivity contribution in [2.75, 3.05) is 5.73 Å². The Bertz CT molecular complexity index is 711. The molecule has 0 saturated carbocycles. The van der Waals surface area contributed by atoms with Crippen molar-refractivity contribution in [3.05, 3.63) is 58.6 Å². The van der Waals surface area contributed by atoms with E-state index in [-0.39, 0.29) is 16.3 Å². The zero-order chi connectivity index (χ0) is 14.0. The summed E-state index contributed by atoms with van der Waals surface area (Å²) in [5.41, 5.74) is 7.56. The second-order valence-electron chi connectivity index (χ2n) is 4.39. The molecule has 0 unspecified atom stereocenters. The highest BCUT2D eigenvalue weighted by molar-refractivity contribution is 7.90. The number of hydrogen-bond acceptors (Lipinski definition) is 3. The second kappa shape index (κ2) is 5.23. The molecule has 2 aromatic rings. The lowest BCUT2D eigenvalue weighted by Crippen LogP contribution is -2.08. The van der Waals surface area contributed by atoms with Crippen molar-refractivity contribution in [2.24, 2.45) is 0 Å². The van der Waals surface area contributed by atoms with Gasteiger partial charge >= 0.3 is 0 Å². The van der Waals surface area contributed by atoms with E-state index in [1.54, 1.807) is 36.4 Å². The van der Waals surface area contributed by atoms with Gasteiger partial charge in [0.15, 0.2) is 9.84 Å². The van der Waals surface area contributed by atoms with Crippen molar-refractivity contribution >= 4 is 27.1 Å². The summed E-state index contributed by atoms with van der Waals surface area (Å²) in [7, 11) is -3.49. The Labute approximate surface area is 117 Å². The number of hydrogen-bond donors (Lipinski definition) is 1. The van der Waals surface area contributed by atoms with Crippen LogP contribution in [0.4, 0.5) is 5.69 Å². The van der Waals surface area contributed by atoms with Crippen molar-refractivity contribution in [2.45, 2.75) is 17.6 Å². The van der Waals surface area contributed by atoms with Crippen molar-refractivity contribution in [3.63, 3.8) is 0 Å². The Morgan fingerprint density at radius 1 is 1.16 bits per heavy atom. The normalized spacial score (nSPS) is 11.5. The largest absolute Gasteiger partial charge is 0.398 e. The lowest BCUT2D eigenvalue weighted by molar-refractivity contribution is 0.595. The Balaban J connectivity index is 2.41. The number of halogens is 1. The predicted octanol–water partition coefficient (Wildman–Crippen LogP) is 3.20. The van der Waals surface area contributed by atoms with E-state index in [0.717, 1.165) is 5.56 Å². The molecular weight excluding hydrogens is 282 g/mol. The average molecular weight is 296 g/mol. The average Bonchev–Trinajstić information content (AvgIpc) is 2.31. The molecular formula is C14H14ClNO2S. The number of aryl methyl sites for hydroxylation is 1. The minimum absolute atomic E-state index is 0.151. The van der Waals surface area contributed by atoms with Crippen LogP contribution in [0.5, 0.6) is 0 Å². The number of sulfone groups is 1. The van der Waals surface area contributed by atoms with Crippen molar-refractivity contribution < 1.29 is 8.42 Å². The summed E-state index contributed by atoms with van der Waals surface area (Å²) in [6.45, 7) is 1.86. The molecule has 0 aliphatic rings. The van der Waals surface area contributed by atoms with Gasteiger partial charge in [0, 0.05) is 5.02 Å². The fraction of sp³-hybridized carbons (Fsp3) is 0.143. The molecule has 2 aromatic carbocycles. The van der Waals surface area contributed by atoms with Crippen molar-refractivity contribution in [1.82, 2.24) is 0 Å². The molecule has 0 radical (unpaired) electrons. The van der Waals surface area contributed by atoms with E-state index in [4.69, 9.17) is 17.3 Å². The predicted molar refractivity (Wildman–Crippen MR) is 77.9 cm³/mol. The van der Waals surface area contributed by atoms with E-state index in [1.165, 1.54) is 6.07 Å². The molecule has 0 aromatic heterocycles. The van der Waals surface area contributed by atoms with E-state index in [2.05, 4.69) is 0 Å². The zero-order valence-corrected chi connectivity index (χ0v) is 12.0. The quantitative estimate of drug-likeness (QED) is 0.885. The number of nitrogen functional groups attached to an aromatic ring is 1. The van der Waals surface area contributed by atoms with Gasteiger partial charge in [-0.3, -0.25) is 0 Å². The van der Waals surface area contributed by atoms with Crippen LogP contribution >= 0.6 is 11.6 Å². The highest BCUT2D eigenvalue weighted by Crippen LogP contribution is 2.26. The van der Waals surface area contributed by atoms with Crippen molar-refractivity contribution in [1.29, 1.82) is 0 Å². The molecule has 0 atom stereocenters. The number of anilines is 1. The molecule has 5 heteroatoms. The topological polar surface area (TPSA) is 60.2 Å². The lowest BCUT2D eigenvalue weighted by Gasteiger charge is -2.09. The van der Waals surface area contributed by atoms with E-state index >= 15 is 0 Å². The molecule has 19 heavy (non-hydrogen) atoms. The van der Waals surface area contributed by atoms with Crippen LogP contribution in [-0.2, 0) is 15.6 Å². The minimum Gasteiger partial charge on any atom is -0.398 e. The maximum atomic E-state index is 12.3. The molecule has 0 spiro atoms. The third-order valence-corrected chi connectivity index (χ3v) is 4.91. The summed E-state index contributed by atoms with van der Waals surface area (Å²) < 4.78 is 24.7. The Hall–Kier alpha value is -1.52. The Morgan fingerprint density at radius 3 is 2.47 bits per heavy atom. The first-order valence-corrected chi connectivity index (χ1v) is 7.75. The standard InChI is InChI=1S/C14H14ClNO2S/c1-10-6-7-14(13(16)8-10)19(17,18)9-11-4-2-3-5-12(11)15/h2-8H,9,16H2,1H3. The van der Waals surface area contributed by atoms with Gasteiger partial charge < -0.3 is 5.73 Å². The van der Waals surface area contributed by atoms with Gasteiger partial charge in [0.2, 0.25) is 0 Å². The summed E-state index contributed by atoms with van der Waals surface area (Å²) in [5.74, 6) is -0.153. The van der Waals surface area contributed by atoms with Gasteiger partial charge in [0.25, 0.3) is 0 Å². The van der Waals surface area contributed by atoms with Crippen LogP contribution in [0.25, 0.3) is 0 Å². The van der Waals surface area contributed by atoms with Crippen LogP contribution in [0.15, 0.2) is 47.4 Å². The minimum atomic E-state index is -3.49. The number of benzene rings is 2. The fourth-order valence-electron chi connectivity index (χ4n) is 1.85.